The predicted molar refractivity (Wildman–Crippen MR) is 177 cm³/mol. The van der Waals surface area contributed by atoms with E-state index in [0.29, 0.717) is 58.8 Å². The number of carboxylic acid groups (broad SMARTS) is 3. The van der Waals surface area contributed by atoms with Crippen LogP contribution in [0.1, 0.15) is 53.4 Å². The Morgan fingerprint density at radius 2 is 1.09 bits per heavy atom. The lowest BCUT2D eigenvalue weighted by Gasteiger charge is -2.33. The molecule has 1 rings (SSSR count). The number of unbranched alkanes of at least 4 members (excludes halogenated alkanes) is 2. The predicted octanol–water partition coefficient (Wildman–Crippen LogP) is 0.115. The third-order valence-electron chi connectivity index (χ3n) is 6.78. The van der Waals surface area contributed by atoms with Crippen LogP contribution in [0.5, 0.6) is 0 Å². The lowest BCUT2D eigenvalue weighted by atomic mass is 10.2. The molecular weight excluding hydrogens is 586 g/mol. The van der Waals surface area contributed by atoms with E-state index in [0.717, 1.165) is 38.9 Å². The normalized spacial score (nSPS) is 15.3. The first kappa shape index (κ1) is 46.6. The lowest BCUT2D eigenvalue weighted by Crippen LogP contribution is -2.49. The molecule has 1 aliphatic heterocycles. The molecule has 0 bridgehead atoms. The van der Waals surface area contributed by atoms with Crippen molar-refractivity contribution >= 4 is 30.2 Å². The van der Waals surface area contributed by atoms with Crippen molar-refractivity contribution in [1.82, 2.24) is 35.1 Å². The second-order valence-corrected chi connectivity index (χ2v) is 10.4. The molecule has 0 saturated carbocycles. The van der Waals surface area contributed by atoms with Crippen molar-refractivity contribution < 1.29 is 39.3 Å². The molecule has 1 fully saturated rings. The highest BCUT2D eigenvalue weighted by molar-refractivity contribution is 5.78. The Hall–Kier alpha value is -2.85. The van der Waals surface area contributed by atoms with Crippen LogP contribution < -0.4 is 10.6 Å². The van der Waals surface area contributed by atoms with Crippen LogP contribution >= 0.6 is 0 Å². The van der Waals surface area contributed by atoms with Crippen molar-refractivity contribution in [2.45, 2.75) is 53.4 Å². The average molecular weight is 650 g/mol. The second-order valence-electron chi connectivity index (χ2n) is 10.4. The van der Waals surface area contributed by atoms with Gasteiger partial charge in [0.1, 0.15) is 0 Å². The summed E-state index contributed by atoms with van der Waals surface area (Å²) in [5.74, 6) is -1.87. The van der Waals surface area contributed by atoms with Crippen molar-refractivity contribution in [3.63, 3.8) is 0 Å². The van der Waals surface area contributed by atoms with E-state index in [-0.39, 0.29) is 37.9 Å². The maximum absolute atomic E-state index is 12.5. The Balaban J connectivity index is -0.00000154. The standard InChI is InChI=1S/C23H44N6O6.C4H11N.C2H6.CH2O2/c1-3-26-9-11-27(17-21(31)25-8-6-4-5-7-20(30)24-2)13-14-29(19-23(34)35)16-15-28(12-10-26)18-22(32)33;1-4-5(2)3;1-2;2-1-3/h3-19H2,1-2H3,(H,24,30)(H,25,31)(H,32,33)(H,34,35);4H2,1-3H3;1-2H3;1H,(H,2,3). The number of hydrogen-bond donors (Lipinski definition) is 5. The van der Waals surface area contributed by atoms with Crippen LogP contribution in [0.2, 0.25) is 0 Å². The summed E-state index contributed by atoms with van der Waals surface area (Å²) < 4.78 is 0. The summed E-state index contributed by atoms with van der Waals surface area (Å²) >= 11 is 0. The first-order valence-electron chi connectivity index (χ1n) is 15.9. The van der Waals surface area contributed by atoms with Gasteiger partial charge in [-0.25, -0.2) is 0 Å². The molecule has 15 nitrogen and oxygen atoms in total. The fourth-order valence-electron chi connectivity index (χ4n) is 3.95. The average Bonchev–Trinajstić information content (AvgIpc) is 2.99. The van der Waals surface area contributed by atoms with Gasteiger partial charge in [-0.1, -0.05) is 34.1 Å². The first-order chi connectivity index (χ1) is 21.4. The summed E-state index contributed by atoms with van der Waals surface area (Å²) in [7, 11) is 5.73. The molecule has 5 N–H and O–H groups in total. The van der Waals surface area contributed by atoms with Gasteiger partial charge in [0.05, 0.1) is 19.6 Å². The van der Waals surface area contributed by atoms with E-state index in [1.54, 1.807) is 11.9 Å². The van der Waals surface area contributed by atoms with Crippen LogP contribution in [0.3, 0.4) is 0 Å². The van der Waals surface area contributed by atoms with Crippen molar-refractivity contribution in [3.8, 4) is 0 Å². The Morgan fingerprint density at radius 3 is 1.42 bits per heavy atom. The number of carbonyl (C=O) groups is 5. The number of rotatable bonds is 14. The Bertz CT molecular complexity index is 775. The third-order valence-corrected chi connectivity index (χ3v) is 6.78. The van der Waals surface area contributed by atoms with Gasteiger partial charge in [0, 0.05) is 72.4 Å². The maximum Gasteiger partial charge on any atom is 0.317 e. The largest absolute Gasteiger partial charge is 0.483 e. The van der Waals surface area contributed by atoms with Crippen LogP contribution in [0, 0.1) is 0 Å². The van der Waals surface area contributed by atoms with Crippen molar-refractivity contribution in [2.24, 2.45) is 0 Å². The molecule has 15 heteroatoms. The molecule has 1 heterocycles. The van der Waals surface area contributed by atoms with Crippen LogP contribution in [-0.2, 0) is 24.0 Å². The third kappa shape index (κ3) is 32.4. The zero-order chi connectivity index (χ0) is 35.0. The van der Waals surface area contributed by atoms with Gasteiger partial charge in [-0.05, 0) is 40.0 Å². The summed E-state index contributed by atoms with van der Waals surface area (Å²) in [5.41, 5.74) is 0. The molecule has 1 saturated heterocycles. The van der Waals surface area contributed by atoms with Gasteiger partial charge >= 0.3 is 11.9 Å². The van der Waals surface area contributed by atoms with Crippen LogP contribution in [0.25, 0.3) is 0 Å². The zero-order valence-electron chi connectivity index (χ0n) is 28.9. The molecule has 0 aromatic carbocycles. The fraction of sp³-hybridized carbons (Fsp3) is 0.833. The minimum Gasteiger partial charge on any atom is -0.483 e. The highest BCUT2D eigenvalue weighted by Crippen LogP contribution is 2.02. The molecule has 0 aromatic rings. The number of carboxylic acids is 2. The van der Waals surface area contributed by atoms with Gasteiger partial charge in [0.2, 0.25) is 11.8 Å². The number of likely N-dealkylation sites (N-methyl/N-ethyl adjacent to an activating group) is 1. The second kappa shape index (κ2) is 32.5. The molecule has 45 heavy (non-hydrogen) atoms. The summed E-state index contributed by atoms with van der Waals surface area (Å²) in [6, 6.07) is 0. The van der Waals surface area contributed by atoms with E-state index in [2.05, 4.69) is 53.3 Å². The number of nitrogens with zero attached hydrogens (tertiary/aromatic N) is 5. The molecule has 0 atom stereocenters. The Labute approximate surface area is 270 Å². The maximum atomic E-state index is 12.5. The number of carbonyl (C=O) groups excluding carboxylic acids is 2. The Morgan fingerprint density at radius 1 is 0.711 bits per heavy atom. The van der Waals surface area contributed by atoms with E-state index >= 15 is 0 Å². The number of hydrogen-bond acceptors (Lipinski definition) is 10. The smallest absolute Gasteiger partial charge is 0.317 e. The van der Waals surface area contributed by atoms with E-state index < -0.39 is 11.9 Å². The van der Waals surface area contributed by atoms with Crippen LogP contribution in [0.4, 0.5) is 0 Å². The first-order valence-corrected chi connectivity index (χ1v) is 15.9. The van der Waals surface area contributed by atoms with Gasteiger partial charge in [-0.15, -0.1) is 0 Å². The highest BCUT2D eigenvalue weighted by Gasteiger charge is 2.19. The summed E-state index contributed by atoms with van der Waals surface area (Å²) in [6.07, 6.45) is 2.96. The highest BCUT2D eigenvalue weighted by atomic mass is 16.4. The molecule has 0 aromatic heterocycles. The van der Waals surface area contributed by atoms with Crippen LogP contribution in [0.15, 0.2) is 0 Å². The molecule has 2 amide bonds. The minimum atomic E-state index is -0.931. The van der Waals surface area contributed by atoms with E-state index in [1.807, 2.05) is 18.7 Å². The zero-order valence-corrected chi connectivity index (χ0v) is 28.9. The van der Waals surface area contributed by atoms with Crippen molar-refractivity contribution in [1.29, 1.82) is 0 Å². The number of amides is 2. The molecule has 0 radical (unpaired) electrons. The fourth-order valence-corrected chi connectivity index (χ4v) is 3.95. The van der Waals surface area contributed by atoms with E-state index in [1.165, 1.54) is 0 Å². The SMILES string of the molecule is CC.CCN(C)C.CCN1CCN(CC(=O)O)CCN(CC(=O)O)CCN(CC(=O)NCCCCCC(=O)NC)CC1.O=CO. The summed E-state index contributed by atoms with van der Waals surface area (Å²) in [5, 5.41) is 30.9. The van der Waals surface area contributed by atoms with E-state index in [4.69, 9.17) is 9.90 Å². The van der Waals surface area contributed by atoms with Gasteiger partial charge in [-0.2, -0.15) is 0 Å². The van der Waals surface area contributed by atoms with Crippen molar-refractivity contribution in [2.75, 3.05) is 113 Å². The quantitative estimate of drug-likeness (QED) is 0.126. The van der Waals surface area contributed by atoms with Crippen LogP contribution in [-0.4, -0.2) is 183 Å². The molecule has 1 aliphatic rings. The number of aliphatic carboxylic acids is 2. The van der Waals surface area contributed by atoms with Gasteiger partial charge in [-0.3, -0.25) is 38.7 Å². The van der Waals surface area contributed by atoms with Gasteiger partial charge in [0.25, 0.3) is 6.47 Å². The molecule has 0 unspecified atom stereocenters. The Kier molecular flexibility index (Phi) is 33.7. The van der Waals surface area contributed by atoms with Crippen molar-refractivity contribution in [3.05, 3.63) is 0 Å². The van der Waals surface area contributed by atoms with Gasteiger partial charge in [0.15, 0.2) is 0 Å². The lowest BCUT2D eigenvalue weighted by molar-refractivity contribution is -0.140. The topological polar surface area (TPSA) is 186 Å². The van der Waals surface area contributed by atoms with Gasteiger partial charge < -0.3 is 35.8 Å². The molecule has 0 aliphatic carbocycles. The van der Waals surface area contributed by atoms with E-state index in [9.17, 15) is 29.4 Å². The monoisotopic (exact) mass is 649 g/mol. The summed E-state index contributed by atoms with van der Waals surface area (Å²) in [6.45, 7) is 15.1. The molecular formula is C30H63N7O8. The summed E-state index contributed by atoms with van der Waals surface area (Å²) in [4.78, 5) is 64.8. The minimum absolute atomic E-state index is 0.0250. The number of nitrogens with one attached hydrogen (secondary N) is 2. The molecule has 0 spiro atoms. The molecule has 266 valence electrons.